The summed E-state index contributed by atoms with van der Waals surface area (Å²) in [6, 6.07) is 11.4. The van der Waals surface area contributed by atoms with E-state index in [2.05, 4.69) is 57.2 Å². The summed E-state index contributed by atoms with van der Waals surface area (Å²) in [7, 11) is 2.21. The van der Waals surface area contributed by atoms with Crippen LogP contribution in [-0.4, -0.2) is 68.2 Å². The van der Waals surface area contributed by atoms with Crippen LogP contribution in [0.3, 0.4) is 0 Å². The summed E-state index contributed by atoms with van der Waals surface area (Å²) >= 11 is 0. The molecule has 0 spiro atoms. The highest BCUT2D eigenvalue weighted by atomic mass is 16.8. The average molecular weight is 493 g/mol. The van der Waals surface area contributed by atoms with E-state index in [1.165, 1.54) is 44.0 Å². The molecule has 1 aromatic carbocycles. The van der Waals surface area contributed by atoms with Crippen molar-refractivity contribution in [2.45, 2.75) is 82.3 Å². The van der Waals surface area contributed by atoms with Crippen LogP contribution in [0.4, 0.5) is 5.82 Å². The molecule has 9 nitrogen and oxygen atoms in total. The Morgan fingerprint density at radius 1 is 1.08 bits per heavy atom. The van der Waals surface area contributed by atoms with E-state index in [0.717, 1.165) is 12.5 Å². The van der Waals surface area contributed by atoms with Crippen LogP contribution in [0, 0.1) is 5.92 Å². The number of imidazole rings is 1. The Bertz CT molecular complexity index is 1190. The summed E-state index contributed by atoms with van der Waals surface area (Å²) in [6.45, 7) is 4.71. The fraction of sp³-hybridized carbons (Fsp3) is 0.593. The van der Waals surface area contributed by atoms with Gasteiger partial charge in [0, 0.05) is 12.6 Å². The average Bonchev–Trinajstić information content (AvgIpc) is 3.48. The molecule has 0 unspecified atom stereocenters. The van der Waals surface area contributed by atoms with Gasteiger partial charge >= 0.3 is 0 Å². The molecule has 9 heteroatoms. The van der Waals surface area contributed by atoms with E-state index < -0.39 is 5.79 Å². The van der Waals surface area contributed by atoms with Crippen molar-refractivity contribution in [3.8, 4) is 0 Å². The molecule has 36 heavy (non-hydrogen) atoms. The molecule has 3 aromatic rings. The van der Waals surface area contributed by atoms with Gasteiger partial charge in [0.2, 0.25) is 0 Å². The zero-order chi connectivity index (χ0) is 24.9. The third-order valence-electron chi connectivity index (χ3n) is 8.01. The van der Waals surface area contributed by atoms with Gasteiger partial charge in [-0.15, -0.1) is 0 Å². The molecule has 192 valence electrons. The molecular weight excluding hydrogens is 456 g/mol. The summed E-state index contributed by atoms with van der Waals surface area (Å²) in [6.07, 6.45) is 8.49. The van der Waals surface area contributed by atoms with Crippen LogP contribution >= 0.6 is 0 Å². The topological polar surface area (TPSA) is 101 Å². The van der Waals surface area contributed by atoms with Crippen molar-refractivity contribution < 1.29 is 14.2 Å². The SMILES string of the molecule is CN(C[C@H]1O[C@@H](n2cnc3c(N)ncnc32)[C@@H]2OC(C)(C)O[C@@H]21)C1CC(CCCc2ccccc2)C1. The minimum Gasteiger partial charge on any atom is -0.382 e. The van der Waals surface area contributed by atoms with Gasteiger partial charge in [0.05, 0.1) is 6.33 Å². The molecule has 4 atom stereocenters. The predicted molar refractivity (Wildman–Crippen MR) is 136 cm³/mol. The minimum atomic E-state index is -0.668. The second-order valence-corrected chi connectivity index (χ2v) is 11.0. The fourth-order valence-corrected chi connectivity index (χ4v) is 6.05. The lowest BCUT2D eigenvalue weighted by atomic mass is 9.76. The van der Waals surface area contributed by atoms with Gasteiger partial charge in [0.15, 0.2) is 23.5 Å². The van der Waals surface area contributed by atoms with Crippen LogP contribution in [0.25, 0.3) is 11.2 Å². The number of ether oxygens (including phenoxy) is 3. The smallest absolute Gasteiger partial charge is 0.167 e. The number of nitrogen functional groups attached to an aromatic ring is 1. The van der Waals surface area contributed by atoms with Crippen molar-refractivity contribution in [1.29, 1.82) is 0 Å². The maximum Gasteiger partial charge on any atom is 0.167 e. The van der Waals surface area contributed by atoms with Gasteiger partial charge in [0.1, 0.15) is 30.2 Å². The molecule has 1 aliphatic carbocycles. The van der Waals surface area contributed by atoms with Crippen molar-refractivity contribution in [3.05, 3.63) is 48.5 Å². The highest BCUT2D eigenvalue weighted by Crippen LogP contribution is 2.44. The van der Waals surface area contributed by atoms with E-state index in [-0.39, 0.29) is 24.5 Å². The van der Waals surface area contributed by atoms with E-state index in [0.29, 0.717) is 23.0 Å². The molecule has 4 heterocycles. The van der Waals surface area contributed by atoms with Crippen molar-refractivity contribution >= 4 is 17.0 Å². The summed E-state index contributed by atoms with van der Waals surface area (Å²) < 4.78 is 21.1. The number of hydrogen-bond donors (Lipinski definition) is 1. The Hall–Kier alpha value is -2.59. The normalized spacial score (nSPS) is 31.1. The van der Waals surface area contributed by atoms with Crippen molar-refractivity contribution in [2.75, 3.05) is 19.3 Å². The molecule has 2 saturated heterocycles. The van der Waals surface area contributed by atoms with E-state index in [4.69, 9.17) is 19.9 Å². The summed E-state index contributed by atoms with van der Waals surface area (Å²) in [5.74, 6) is 0.509. The number of benzene rings is 1. The van der Waals surface area contributed by atoms with Crippen molar-refractivity contribution in [1.82, 2.24) is 24.4 Å². The van der Waals surface area contributed by atoms with Crippen LogP contribution in [0.15, 0.2) is 43.0 Å². The highest BCUT2D eigenvalue weighted by Gasteiger charge is 2.56. The van der Waals surface area contributed by atoms with Gasteiger partial charge in [-0.2, -0.15) is 0 Å². The monoisotopic (exact) mass is 492 g/mol. The second-order valence-electron chi connectivity index (χ2n) is 11.0. The first kappa shape index (κ1) is 23.8. The van der Waals surface area contributed by atoms with Crippen LogP contribution in [0.1, 0.15) is 51.3 Å². The van der Waals surface area contributed by atoms with Gasteiger partial charge in [-0.05, 0) is 58.1 Å². The lowest BCUT2D eigenvalue weighted by molar-refractivity contribution is -0.198. The lowest BCUT2D eigenvalue weighted by Crippen LogP contribution is -2.47. The molecule has 0 amide bonds. The Balaban J connectivity index is 1.08. The van der Waals surface area contributed by atoms with Crippen molar-refractivity contribution in [3.63, 3.8) is 0 Å². The summed E-state index contributed by atoms with van der Waals surface area (Å²) in [5, 5.41) is 0. The van der Waals surface area contributed by atoms with Gasteiger partial charge in [-0.3, -0.25) is 4.57 Å². The lowest BCUT2D eigenvalue weighted by Gasteiger charge is -2.42. The number of fused-ring (bicyclic) bond motifs is 2. The van der Waals surface area contributed by atoms with Crippen LogP contribution in [-0.2, 0) is 20.6 Å². The largest absolute Gasteiger partial charge is 0.382 e. The van der Waals surface area contributed by atoms with E-state index >= 15 is 0 Å². The first-order valence-electron chi connectivity index (χ1n) is 13.1. The molecule has 1 saturated carbocycles. The standard InChI is InChI=1S/C27H36N6O3/c1-27(2)35-22-20(14-32(3)19-12-18(13-19)11-7-10-17-8-5-4-6-9-17)34-26(23(22)36-27)33-16-31-21-24(28)29-15-30-25(21)33/h4-6,8-9,15-16,18-20,22-23,26H,7,10-14H2,1-3H3,(H2,28,29,30)/t18?,19?,20-,22-,23-,26-/m1/s1. The molecule has 6 rings (SSSR count). The van der Waals surface area contributed by atoms with Crippen LogP contribution in [0.2, 0.25) is 0 Å². The fourth-order valence-electron chi connectivity index (χ4n) is 6.05. The zero-order valence-corrected chi connectivity index (χ0v) is 21.3. The summed E-state index contributed by atoms with van der Waals surface area (Å²) in [4.78, 5) is 15.3. The maximum absolute atomic E-state index is 6.57. The van der Waals surface area contributed by atoms with Crippen LogP contribution in [0.5, 0.6) is 0 Å². The number of aryl methyl sites for hydroxylation is 1. The third-order valence-corrected chi connectivity index (χ3v) is 8.01. The van der Waals surface area contributed by atoms with E-state index in [1.54, 1.807) is 6.33 Å². The molecular formula is C27H36N6O3. The van der Waals surface area contributed by atoms with Gasteiger partial charge in [0.25, 0.3) is 0 Å². The van der Waals surface area contributed by atoms with E-state index in [1.807, 2.05) is 18.4 Å². The zero-order valence-electron chi connectivity index (χ0n) is 21.3. The van der Waals surface area contributed by atoms with E-state index in [9.17, 15) is 0 Å². The van der Waals surface area contributed by atoms with Crippen LogP contribution < -0.4 is 5.73 Å². The first-order chi connectivity index (χ1) is 17.4. The third kappa shape index (κ3) is 4.49. The number of aromatic nitrogens is 4. The minimum absolute atomic E-state index is 0.111. The molecule has 2 aliphatic heterocycles. The molecule has 2 aromatic heterocycles. The first-order valence-corrected chi connectivity index (χ1v) is 13.1. The number of nitrogens with zero attached hydrogens (tertiary/aromatic N) is 5. The quantitative estimate of drug-likeness (QED) is 0.510. The molecule has 2 N–H and O–H groups in total. The Morgan fingerprint density at radius 2 is 1.86 bits per heavy atom. The summed E-state index contributed by atoms with van der Waals surface area (Å²) in [5.41, 5.74) is 8.66. The molecule has 0 radical (unpaired) electrons. The number of hydrogen-bond acceptors (Lipinski definition) is 8. The second kappa shape index (κ2) is 9.37. The molecule has 0 bridgehead atoms. The number of anilines is 1. The Labute approximate surface area is 212 Å². The molecule has 3 aliphatic rings. The predicted octanol–water partition coefficient (Wildman–Crippen LogP) is 3.56. The Morgan fingerprint density at radius 3 is 2.67 bits per heavy atom. The number of rotatable bonds is 8. The molecule has 3 fully saturated rings. The Kier molecular flexibility index (Phi) is 6.19. The van der Waals surface area contributed by atoms with Gasteiger partial charge in [-0.25, -0.2) is 15.0 Å². The van der Waals surface area contributed by atoms with Gasteiger partial charge < -0.3 is 24.8 Å². The maximum atomic E-state index is 6.57. The number of nitrogens with two attached hydrogens (primary N) is 1. The van der Waals surface area contributed by atoms with Gasteiger partial charge in [-0.1, -0.05) is 36.8 Å². The van der Waals surface area contributed by atoms with Crippen molar-refractivity contribution in [2.24, 2.45) is 5.92 Å². The highest BCUT2D eigenvalue weighted by molar-refractivity contribution is 5.81. The number of likely N-dealkylation sites (N-methyl/N-ethyl adjacent to an activating group) is 1.